The number of benzene rings is 1. The molecular formula is C12H15FN2O5S. The minimum absolute atomic E-state index is 0.00921. The van der Waals surface area contributed by atoms with Crippen molar-refractivity contribution in [2.45, 2.75) is 17.7 Å². The van der Waals surface area contributed by atoms with E-state index in [1.807, 2.05) is 0 Å². The van der Waals surface area contributed by atoms with Crippen LogP contribution in [0.25, 0.3) is 0 Å². The van der Waals surface area contributed by atoms with Gasteiger partial charge in [-0.15, -0.1) is 0 Å². The van der Waals surface area contributed by atoms with E-state index in [4.69, 9.17) is 5.11 Å². The van der Waals surface area contributed by atoms with Crippen molar-refractivity contribution in [2.24, 2.45) is 5.92 Å². The van der Waals surface area contributed by atoms with Gasteiger partial charge < -0.3 is 5.11 Å². The van der Waals surface area contributed by atoms with E-state index >= 15 is 0 Å². The van der Waals surface area contributed by atoms with Crippen LogP contribution in [-0.4, -0.2) is 42.4 Å². The second-order valence-corrected chi connectivity index (χ2v) is 6.84. The van der Waals surface area contributed by atoms with Gasteiger partial charge >= 0.3 is 5.69 Å². The van der Waals surface area contributed by atoms with Gasteiger partial charge in [-0.3, -0.25) is 10.1 Å². The van der Waals surface area contributed by atoms with Gasteiger partial charge in [0.25, 0.3) is 0 Å². The van der Waals surface area contributed by atoms with Gasteiger partial charge in [0.2, 0.25) is 15.8 Å². The fraction of sp³-hybridized carbons (Fsp3) is 0.500. The number of nitro groups is 1. The van der Waals surface area contributed by atoms with E-state index in [1.165, 1.54) is 4.31 Å². The Morgan fingerprint density at radius 1 is 1.48 bits per heavy atom. The minimum atomic E-state index is -3.87. The molecule has 0 amide bonds. The molecule has 1 aromatic rings. The predicted octanol–water partition coefficient (Wildman–Crippen LogP) is 1.13. The van der Waals surface area contributed by atoms with E-state index < -0.39 is 26.5 Å². The van der Waals surface area contributed by atoms with Crippen molar-refractivity contribution in [2.75, 3.05) is 19.7 Å². The normalized spacial score (nSPS) is 19.8. The first kappa shape index (κ1) is 15.8. The van der Waals surface area contributed by atoms with Crippen LogP contribution in [0.1, 0.15) is 12.8 Å². The molecule has 1 saturated heterocycles. The Labute approximate surface area is 121 Å². The van der Waals surface area contributed by atoms with Crippen LogP contribution in [0.15, 0.2) is 23.1 Å². The Bertz CT molecular complexity index is 649. The van der Waals surface area contributed by atoms with Crippen LogP contribution in [0.5, 0.6) is 0 Å². The number of sulfonamides is 1. The SMILES string of the molecule is O=[N+]([O-])c1ccc(S(=O)(=O)N2CCC(CCO)C2)cc1F. The van der Waals surface area contributed by atoms with Gasteiger partial charge in [-0.2, -0.15) is 8.70 Å². The summed E-state index contributed by atoms with van der Waals surface area (Å²) in [6.45, 7) is 0.553. The number of halogens is 1. The van der Waals surface area contributed by atoms with Gasteiger partial charge in [0.15, 0.2) is 0 Å². The maximum atomic E-state index is 13.6. The molecule has 1 aliphatic heterocycles. The van der Waals surface area contributed by atoms with Gasteiger partial charge in [-0.1, -0.05) is 0 Å². The number of hydrogen-bond acceptors (Lipinski definition) is 5. The molecule has 0 aromatic heterocycles. The lowest BCUT2D eigenvalue weighted by atomic mass is 10.1. The lowest BCUT2D eigenvalue weighted by Gasteiger charge is -2.16. The summed E-state index contributed by atoms with van der Waals surface area (Å²) in [4.78, 5) is 9.34. The van der Waals surface area contributed by atoms with Crippen molar-refractivity contribution in [1.82, 2.24) is 4.31 Å². The summed E-state index contributed by atoms with van der Waals surface area (Å²) in [7, 11) is -3.87. The number of aliphatic hydroxyl groups is 1. The molecule has 0 radical (unpaired) electrons. The molecule has 1 fully saturated rings. The topological polar surface area (TPSA) is 101 Å². The lowest BCUT2D eigenvalue weighted by molar-refractivity contribution is -0.387. The zero-order chi connectivity index (χ0) is 15.6. The summed E-state index contributed by atoms with van der Waals surface area (Å²) in [5.74, 6) is -1.10. The van der Waals surface area contributed by atoms with E-state index in [0.29, 0.717) is 25.5 Å². The Hall–Kier alpha value is -1.58. The van der Waals surface area contributed by atoms with Gasteiger partial charge in [0.1, 0.15) is 0 Å². The highest BCUT2D eigenvalue weighted by atomic mass is 32.2. The van der Waals surface area contributed by atoms with E-state index in [2.05, 4.69) is 0 Å². The third-order valence-electron chi connectivity index (χ3n) is 3.54. The minimum Gasteiger partial charge on any atom is -0.396 e. The van der Waals surface area contributed by atoms with Crippen molar-refractivity contribution in [3.63, 3.8) is 0 Å². The van der Waals surface area contributed by atoms with E-state index in [9.17, 15) is 22.9 Å². The number of rotatable bonds is 5. The van der Waals surface area contributed by atoms with Crippen LogP contribution >= 0.6 is 0 Å². The average Bonchev–Trinajstić information content (AvgIpc) is 2.88. The fourth-order valence-corrected chi connectivity index (χ4v) is 3.92. The molecule has 21 heavy (non-hydrogen) atoms. The standard InChI is InChI=1S/C12H15FN2O5S/c13-11-7-10(1-2-12(11)15(17)18)21(19,20)14-5-3-9(8-14)4-6-16/h1-2,7,9,16H,3-6,8H2. The van der Waals surface area contributed by atoms with E-state index in [1.54, 1.807) is 0 Å². The third kappa shape index (κ3) is 3.20. The first-order valence-corrected chi connectivity index (χ1v) is 7.85. The first-order valence-electron chi connectivity index (χ1n) is 6.41. The van der Waals surface area contributed by atoms with Gasteiger partial charge in [0, 0.05) is 31.8 Å². The van der Waals surface area contributed by atoms with Crippen molar-refractivity contribution in [1.29, 1.82) is 0 Å². The van der Waals surface area contributed by atoms with Crippen LogP contribution in [0.4, 0.5) is 10.1 Å². The summed E-state index contributed by atoms with van der Waals surface area (Å²) in [6.07, 6.45) is 1.15. The van der Waals surface area contributed by atoms with Crippen molar-refractivity contribution >= 4 is 15.7 Å². The number of nitro benzene ring substituents is 1. The van der Waals surface area contributed by atoms with Crippen molar-refractivity contribution < 1.29 is 22.8 Å². The largest absolute Gasteiger partial charge is 0.396 e. The van der Waals surface area contributed by atoms with Crippen molar-refractivity contribution in [3.8, 4) is 0 Å². The second-order valence-electron chi connectivity index (χ2n) is 4.90. The molecule has 1 aromatic carbocycles. The average molecular weight is 318 g/mol. The summed E-state index contributed by atoms with van der Waals surface area (Å²) in [6, 6.07) is 2.56. The Morgan fingerprint density at radius 3 is 2.76 bits per heavy atom. The second kappa shape index (κ2) is 6.04. The van der Waals surface area contributed by atoms with Gasteiger partial charge in [-0.25, -0.2) is 8.42 Å². The molecule has 1 heterocycles. The molecular weight excluding hydrogens is 303 g/mol. The molecule has 1 N–H and O–H groups in total. The smallest absolute Gasteiger partial charge is 0.304 e. The molecule has 9 heteroatoms. The zero-order valence-electron chi connectivity index (χ0n) is 11.1. The third-order valence-corrected chi connectivity index (χ3v) is 5.40. The quantitative estimate of drug-likeness (QED) is 0.648. The number of nitrogens with zero attached hydrogens (tertiary/aromatic N) is 2. The van der Waals surface area contributed by atoms with Crippen LogP contribution < -0.4 is 0 Å². The highest BCUT2D eigenvalue weighted by molar-refractivity contribution is 7.89. The summed E-state index contributed by atoms with van der Waals surface area (Å²) in [5.41, 5.74) is -0.756. The summed E-state index contributed by atoms with van der Waals surface area (Å²) < 4.78 is 39.5. The molecule has 7 nitrogen and oxygen atoms in total. The lowest BCUT2D eigenvalue weighted by Crippen LogP contribution is -2.29. The summed E-state index contributed by atoms with van der Waals surface area (Å²) >= 11 is 0. The Kier molecular flexibility index (Phi) is 4.55. The van der Waals surface area contributed by atoms with E-state index in [0.717, 1.165) is 12.1 Å². The fourth-order valence-electron chi connectivity index (χ4n) is 2.38. The molecule has 1 aliphatic rings. The molecule has 2 rings (SSSR count). The number of hydrogen-bond donors (Lipinski definition) is 1. The van der Waals surface area contributed by atoms with Gasteiger partial charge in [-0.05, 0) is 24.8 Å². The summed E-state index contributed by atoms with van der Waals surface area (Å²) in [5, 5.41) is 19.4. The molecule has 0 aliphatic carbocycles. The molecule has 0 bridgehead atoms. The van der Waals surface area contributed by atoms with Crippen LogP contribution in [0.2, 0.25) is 0 Å². The molecule has 0 saturated carbocycles. The molecule has 116 valence electrons. The predicted molar refractivity (Wildman–Crippen MR) is 71.6 cm³/mol. The number of aliphatic hydroxyl groups excluding tert-OH is 1. The van der Waals surface area contributed by atoms with Gasteiger partial charge in [0.05, 0.1) is 9.82 Å². The molecule has 0 spiro atoms. The monoisotopic (exact) mass is 318 g/mol. The molecule has 1 unspecified atom stereocenters. The maximum absolute atomic E-state index is 13.6. The highest BCUT2D eigenvalue weighted by Crippen LogP contribution is 2.28. The Balaban J connectivity index is 2.24. The highest BCUT2D eigenvalue weighted by Gasteiger charge is 2.33. The van der Waals surface area contributed by atoms with Crippen LogP contribution in [-0.2, 0) is 10.0 Å². The first-order chi connectivity index (χ1) is 9.86. The zero-order valence-corrected chi connectivity index (χ0v) is 11.9. The van der Waals surface area contributed by atoms with Crippen LogP contribution in [0, 0.1) is 21.8 Å². The molecule has 1 atom stereocenters. The maximum Gasteiger partial charge on any atom is 0.304 e. The Morgan fingerprint density at radius 2 is 2.19 bits per heavy atom. The van der Waals surface area contributed by atoms with E-state index in [-0.39, 0.29) is 24.0 Å². The van der Waals surface area contributed by atoms with Crippen LogP contribution in [0.3, 0.4) is 0 Å². The van der Waals surface area contributed by atoms with Crippen molar-refractivity contribution in [3.05, 3.63) is 34.1 Å².